The van der Waals surface area contributed by atoms with Crippen molar-refractivity contribution in [3.8, 4) is 0 Å². The van der Waals surface area contributed by atoms with Gasteiger partial charge in [-0.25, -0.2) is 0 Å². The molecule has 0 saturated heterocycles. The van der Waals surface area contributed by atoms with Gasteiger partial charge in [-0.3, -0.25) is 0 Å². The molecule has 0 bridgehead atoms. The van der Waals surface area contributed by atoms with E-state index in [4.69, 9.17) is 11.6 Å². The maximum atomic E-state index is 9.35. The highest BCUT2D eigenvalue weighted by atomic mass is 35.5. The summed E-state index contributed by atoms with van der Waals surface area (Å²) in [5.74, 6) is 0. The van der Waals surface area contributed by atoms with E-state index in [0.717, 1.165) is 11.1 Å². The van der Waals surface area contributed by atoms with Crippen LogP contribution in [0, 0.1) is 6.92 Å². The molecule has 0 aliphatic heterocycles. The Balaban J connectivity index is 3.47. The Labute approximate surface area is 96.0 Å². The molecule has 0 radical (unpaired) electrons. The van der Waals surface area contributed by atoms with E-state index in [2.05, 4.69) is 0 Å². The third-order valence-corrected chi connectivity index (χ3v) is 2.64. The molecule has 0 fully saturated rings. The standard InChI is InChI=1S/C11H16BClO2/c1-7-5-8(13)6-9(11(2,3)4)10(7)12(14)15/h5-6,14-15H,1-4H3. The summed E-state index contributed by atoms with van der Waals surface area (Å²) in [6, 6.07) is 3.54. The first kappa shape index (κ1) is 12.6. The maximum absolute atomic E-state index is 9.35. The van der Waals surface area contributed by atoms with Gasteiger partial charge in [0.1, 0.15) is 0 Å². The van der Waals surface area contributed by atoms with Gasteiger partial charge in [0.25, 0.3) is 0 Å². The monoisotopic (exact) mass is 226 g/mol. The van der Waals surface area contributed by atoms with Gasteiger partial charge in [-0.2, -0.15) is 0 Å². The zero-order valence-electron chi connectivity index (χ0n) is 9.50. The van der Waals surface area contributed by atoms with Gasteiger partial charge >= 0.3 is 7.12 Å². The van der Waals surface area contributed by atoms with Crippen molar-refractivity contribution in [2.24, 2.45) is 0 Å². The van der Waals surface area contributed by atoms with Crippen molar-refractivity contribution >= 4 is 24.2 Å². The van der Waals surface area contributed by atoms with E-state index in [1.165, 1.54) is 0 Å². The van der Waals surface area contributed by atoms with Gasteiger partial charge in [0.05, 0.1) is 0 Å². The molecule has 0 aromatic heterocycles. The van der Waals surface area contributed by atoms with E-state index in [-0.39, 0.29) is 5.41 Å². The van der Waals surface area contributed by atoms with Crippen LogP contribution in [-0.2, 0) is 5.41 Å². The molecule has 2 nitrogen and oxygen atoms in total. The third kappa shape index (κ3) is 2.74. The SMILES string of the molecule is Cc1cc(Cl)cc(C(C)(C)C)c1B(O)O. The van der Waals surface area contributed by atoms with Crippen molar-refractivity contribution in [3.05, 3.63) is 28.3 Å². The predicted octanol–water partition coefficient (Wildman–Crippen LogP) is 1.63. The average Bonchev–Trinajstić information content (AvgIpc) is 1.99. The minimum Gasteiger partial charge on any atom is -0.423 e. The van der Waals surface area contributed by atoms with E-state index in [1.54, 1.807) is 12.1 Å². The lowest BCUT2D eigenvalue weighted by molar-refractivity contribution is 0.423. The molecule has 4 heteroatoms. The van der Waals surface area contributed by atoms with Gasteiger partial charge in [-0.1, -0.05) is 32.4 Å². The van der Waals surface area contributed by atoms with Crippen LogP contribution in [0.15, 0.2) is 12.1 Å². The molecule has 15 heavy (non-hydrogen) atoms. The summed E-state index contributed by atoms with van der Waals surface area (Å²) in [5.41, 5.74) is 2.09. The molecule has 82 valence electrons. The van der Waals surface area contributed by atoms with Crippen molar-refractivity contribution in [2.75, 3.05) is 0 Å². The molecule has 1 aromatic rings. The Hall–Kier alpha value is -0.505. The fourth-order valence-corrected chi connectivity index (χ4v) is 1.99. The van der Waals surface area contributed by atoms with E-state index in [1.807, 2.05) is 27.7 Å². The van der Waals surface area contributed by atoms with Crippen LogP contribution in [0.1, 0.15) is 31.9 Å². The Bertz CT molecular complexity index is 370. The molecular weight excluding hydrogens is 210 g/mol. The normalized spacial score (nSPS) is 11.7. The van der Waals surface area contributed by atoms with Crippen molar-refractivity contribution in [1.82, 2.24) is 0 Å². The number of rotatable bonds is 1. The van der Waals surface area contributed by atoms with Crippen LogP contribution < -0.4 is 5.46 Å². The van der Waals surface area contributed by atoms with E-state index >= 15 is 0 Å². The second kappa shape index (κ2) is 4.16. The minimum absolute atomic E-state index is 0.158. The second-order valence-electron chi connectivity index (χ2n) is 4.81. The minimum atomic E-state index is -1.45. The Morgan fingerprint density at radius 2 is 1.73 bits per heavy atom. The van der Waals surface area contributed by atoms with Crippen molar-refractivity contribution in [2.45, 2.75) is 33.1 Å². The predicted molar refractivity (Wildman–Crippen MR) is 64.7 cm³/mol. The van der Waals surface area contributed by atoms with Crippen LogP contribution in [0.4, 0.5) is 0 Å². The number of aryl methyl sites for hydroxylation is 1. The number of hydrogen-bond acceptors (Lipinski definition) is 2. The number of benzene rings is 1. The molecule has 0 aliphatic rings. The highest BCUT2D eigenvalue weighted by molar-refractivity contribution is 6.60. The zero-order valence-corrected chi connectivity index (χ0v) is 10.3. The smallest absolute Gasteiger partial charge is 0.423 e. The molecule has 2 N–H and O–H groups in total. The Kier molecular flexibility index (Phi) is 3.49. The van der Waals surface area contributed by atoms with Crippen LogP contribution in [0.5, 0.6) is 0 Å². The molecule has 0 atom stereocenters. The summed E-state index contributed by atoms with van der Waals surface area (Å²) in [4.78, 5) is 0. The first-order valence-electron chi connectivity index (χ1n) is 4.90. The second-order valence-corrected chi connectivity index (χ2v) is 5.24. The fraction of sp³-hybridized carbons (Fsp3) is 0.455. The Morgan fingerprint density at radius 3 is 2.13 bits per heavy atom. The fourth-order valence-electron chi connectivity index (χ4n) is 1.72. The molecule has 0 aliphatic carbocycles. The van der Waals surface area contributed by atoms with Gasteiger partial charge in [0, 0.05) is 5.02 Å². The van der Waals surface area contributed by atoms with Gasteiger partial charge in [0.2, 0.25) is 0 Å². The van der Waals surface area contributed by atoms with Crippen LogP contribution in [-0.4, -0.2) is 17.2 Å². The van der Waals surface area contributed by atoms with Gasteiger partial charge in [-0.05, 0) is 41.1 Å². The summed E-state index contributed by atoms with van der Waals surface area (Å²) < 4.78 is 0. The van der Waals surface area contributed by atoms with Crippen molar-refractivity contribution in [3.63, 3.8) is 0 Å². The average molecular weight is 227 g/mol. The van der Waals surface area contributed by atoms with Gasteiger partial charge < -0.3 is 10.0 Å². The number of hydrogen-bond donors (Lipinski definition) is 2. The van der Waals surface area contributed by atoms with Crippen LogP contribution in [0.2, 0.25) is 5.02 Å². The highest BCUT2D eigenvalue weighted by Crippen LogP contribution is 2.25. The van der Waals surface area contributed by atoms with Crippen molar-refractivity contribution < 1.29 is 10.0 Å². The van der Waals surface area contributed by atoms with E-state index in [9.17, 15) is 10.0 Å². The third-order valence-electron chi connectivity index (χ3n) is 2.42. The molecule has 0 amide bonds. The lowest BCUT2D eigenvalue weighted by Crippen LogP contribution is -2.39. The zero-order chi connectivity index (χ0) is 11.8. The summed E-state index contributed by atoms with van der Waals surface area (Å²) >= 11 is 5.97. The lowest BCUT2D eigenvalue weighted by Gasteiger charge is -2.24. The number of halogens is 1. The lowest BCUT2D eigenvalue weighted by atomic mass is 9.68. The van der Waals surface area contributed by atoms with E-state index < -0.39 is 7.12 Å². The maximum Gasteiger partial charge on any atom is 0.488 e. The van der Waals surface area contributed by atoms with Gasteiger partial charge in [-0.15, -0.1) is 0 Å². The molecule has 1 rings (SSSR count). The van der Waals surface area contributed by atoms with Gasteiger partial charge in [0.15, 0.2) is 0 Å². The van der Waals surface area contributed by atoms with Crippen LogP contribution in [0.25, 0.3) is 0 Å². The quantitative estimate of drug-likeness (QED) is 0.715. The first-order chi connectivity index (χ1) is 6.73. The molecule has 0 heterocycles. The summed E-state index contributed by atoms with van der Waals surface area (Å²) in [7, 11) is -1.45. The largest absolute Gasteiger partial charge is 0.488 e. The van der Waals surface area contributed by atoms with Crippen molar-refractivity contribution in [1.29, 1.82) is 0 Å². The topological polar surface area (TPSA) is 40.5 Å². The summed E-state index contributed by atoms with van der Waals surface area (Å²) in [5, 5.41) is 19.3. The first-order valence-corrected chi connectivity index (χ1v) is 5.28. The summed E-state index contributed by atoms with van der Waals surface area (Å²) in [6.45, 7) is 7.88. The molecule has 0 unspecified atom stereocenters. The summed E-state index contributed by atoms with van der Waals surface area (Å²) in [6.07, 6.45) is 0. The molecule has 0 spiro atoms. The molecular formula is C11H16BClO2. The molecule has 1 aromatic carbocycles. The molecule has 0 saturated carbocycles. The van der Waals surface area contributed by atoms with E-state index in [0.29, 0.717) is 10.5 Å². The van der Waals surface area contributed by atoms with Crippen LogP contribution >= 0.6 is 11.6 Å². The van der Waals surface area contributed by atoms with Crippen LogP contribution in [0.3, 0.4) is 0 Å². The Morgan fingerprint density at radius 1 is 1.20 bits per heavy atom. The highest BCUT2D eigenvalue weighted by Gasteiger charge is 2.26.